The third-order valence-corrected chi connectivity index (χ3v) is 6.93. The van der Waals surface area contributed by atoms with E-state index < -0.39 is 10.0 Å². The fourth-order valence-electron chi connectivity index (χ4n) is 3.92. The molecule has 2 aromatic rings. The first kappa shape index (κ1) is 20.9. The van der Waals surface area contributed by atoms with Crippen molar-refractivity contribution in [3.63, 3.8) is 0 Å². The van der Waals surface area contributed by atoms with Crippen LogP contribution in [0.25, 0.3) is 0 Å². The van der Waals surface area contributed by atoms with Gasteiger partial charge in [-0.3, -0.25) is 4.72 Å². The van der Waals surface area contributed by atoms with E-state index in [0.29, 0.717) is 22.4 Å². The van der Waals surface area contributed by atoms with Crippen LogP contribution in [0.2, 0.25) is 0 Å². The minimum Gasteiger partial charge on any atom is -0.303 e. The maximum absolute atomic E-state index is 12.7. The van der Waals surface area contributed by atoms with Crippen molar-refractivity contribution in [2.75, 3.05) is 24.4 Å². The van der Waals surface area contributed by atoms with Crippen LogP contribution < -0.4 is 4.72 Å². The first-order valence-corrected chi connectivity index (χ1v) is 11.8. The van der Waals surface area contributed by atoms with Gasteiger partial charge < -0.3 is 4.90 Å². The van der Waals surface area contributed by atoms with Gasteiger partial charge in [0, 0.05) is 12.2 Å². The monoisotopic (exact) mass is 400 g/mol. The molecular weight excluding hydrogens is 368 g/mol. The quantitative estimate of drug-likeness (QED) is 0.695. The van der Waals surface area contributed by atoms with Gasteiger partial charge in [0.1, 0.15) is 0 Å². The number of anilines is 1. The van der Waals surface area contributed by atoms with E-state index in [2.05, 4.69) is 42.5 Å². The van der Waals surface area contributed by atoms with E-state index in [1.807, 2.05) is 24.3 Å². The zero-order chi connectivity index (χ0) is 20.1. The van der Waals surface area contributed by atoms with Gasteiger partial charge in [-0.15, -0.1) is 0 Å². The van der Waals surface area contributed by atoms with Gasteiger partial charge in [-0.1, -0.05) is 45.0 Å². The van der Waals surface area contributed by atoms with Crippen molar-refractivity contribution in [2.45, 2.75) is 56.8 Å². The lowest BCUT2D eigenvalue weighted by molar-refractivity contribution is 0.208. The molecule has 1 fully saturated rings. The first-order chi connectivity index (χ1) is 13.4. The SMILES string of the molecule is CCCN1CCCC(c2ccc(NS(=O)(=O)c3ccc(C(C)C)cc3)cc2)C1. The Hall–Kier alpha value is -1.85. The van der Waals surface area contributed by atoms with E-state index in [-0.39, 0.29) is 0 Å². The summed E-state index contributed by atoms with van der Waals surface area (Å²) in [6, 6.07) is 15.0. The molecule has 152 valence electrons. The zero-order valence-electron chi connectivity index (χ0n) is 17.2. The van der Waals surface area contributed by atoms with E-state index in [4.69, 9.17) is 0 Å². The Balaban J connectivity index is 1.68. The fraction of sp³-hybridized carbons (Fsp3) is 0.478. The van der Waals surface area contributed by atoms with Crippen molar-refractivity contribution in [3.05, 3.63) is 59.7 Å². The van der Waals surface area contributed by atoms with Crippen LogP contribution in [0.15, 0.2) is 53.4 Å². The second-order valence-corrected chi connectivity index (χ2v) is 9.77. The number of rotatable bonds is 7. The van der Waals surface area contributed by atoms with Crippen LogP contribution in [0, 0.1) is 0 Å². The van der Waals surface area contributed by atoms with E-state index in [0.717, 1.165) is 18.7 Å². The van der Waals surface area contributed by atoms with E-state index in [1.165, 1.54) is 31.4 Å². The Morgan fingerprint density at radius 1 is 1.07 bits per heavy atom. The van der Waals surface area contributed by atoms with Crippen LogP contribution in [0.5, 0.6) is 0 Å². The lowest BCUT2D eigenvalue weighted by Gasteiger charge is -2.32. The lowest BCUT2D eigenvalue weighted by atomic mass is 9.90. The molecule has 1 heterocycles. The summed E-state index contributed by atoms with van der Waals surface area (Å²) >= 11 is 0. The van der Waals surface area contributed by atoms with Gasteiger partial charge in [0.15, 0.2) is 0 Å². The van der Waals surface area contributed by atoms with Gasteiger partial charge in [-0.25, -0.2) is 8.42 Å². The number of benzene rings is 2. The van der Waals surface area contributed by atoms with Crippen LogP contribution in [-0.4, -0.2) is 33.0 Å². The molecule has 1 aliphatic heterocycles. The Kier molecular flexibility index (Phi) is 6.78. The molecule has 0 saturated carbocycles. The normalized spacial score (nSPS) is 18.4. The summed E-state index contributed by atoms with van der Waals surface area (Å²) in [6.07, 6.45) is 3.62. The van der Waals surface area contributed by atoms with Crippen LogP contribution in [0.4, 0.5) is 5.69 Å². The predicted molar refractivity (Wildman–Crippen MR) is 116 cm³/mol. The highest BCUT2D eigenvalue weighted by molar-refractivity contribution is 7.92. The van der Waals surface area contributed by atoms with Gasteiger partial charge >= 0.3 is 0 Å². The van der Waals surface area contributed by atoms with Crippen LogP contribution >= 0.6 is 0 Å². The van der Waals surface area contributed by atoms with E-state index in [1.54, 1.807) is 12.1 Å². The molecule has 5 heteroatoms. The predicted octanol–water partition coefficient (Wildman–Crippen LogP) is 5.20. The first-order valence-electron chi connectivity index (χ1n) is 10.3. The number of nitrogens with one attached hydrogen (secondary N) is 1. The van der Waals surface area contributed by atoms with E-state index >= 15 is 0 Å². The number of hydrogen-bond acceptors (Lipinski definition) is 3. The molecule has 1 atom stereocenters. The molecule has 0 amide bonds. The minimum absolute atomic E-state index is 0.295. The summed E-state index contributed by atoms with van der Waals surface area (Å²) < 4.78 is 28.0. The standard InChI is InChI=1S/C23H32N2O2S/c1-4-15-25-16-5-6-21(17-25)20-7-11-22(12-8-20)24-28(26,27)23-13-9-19(10-14-23)18(2)3/h7-14,18,21,24H,4-6,15-17H2,1-3H3. The number of hydrogen-bond donors (Lipinski definition) is 1. The molecule has 3 rings (SSSR count). The van der Waals surface area contributed by atoms with E-state index in [9.17, 15) is 8.42 Å². The van der Waals surface area contributed by atoms with Crippen molar-refractivity contribution in [1.82, 2.24) is 4.90 Å². The average molecular weight is 401 g/mol. The largest absolute Gasteiger partial charge is 0.303 e. The number of likely N-dealkylation sites (tertiary alicyclic amines) is 1. The van der Waals surface area contributed by atoms with Crippen molar-refractivity contribution in [2.24, 2.45) is 0 Å². The maximum Gasteiger partial charge on any atom is 0.261 e. The van der Waals surface area contributed by atoms with Gasteiger partial charge in [-0.2, -0.15) is 0 Å². The molecule has 0 bridgehead atoms. The van der Waals surface area contributed by atoms with Crippen molar-refractivity contribution in [1.29, 1.82) is 0 Å². The summed E-state index contributed by atoms with van der Waals surface area (Å²) in [5, 5.41) is 0. The Bertz CT molecular complexity index is 856. The summed E-state index contributed by atoms with van der Waals surface area (Å²) in [6.45, 7) is 9.86. The van der Waals surface area contributed by atoms with Gasteiger partial charge in [0.05, 0.1) is 4.90 Å². The number of nitrogens with zero attached hydrogens (tertiary/aromatic N) is 1. The Morgan fingerprint density at radius 2 is 1.75 bits per heavy atom. The fourth-order valence-corrected chi connectivity index (χ4v) is 4.97. The molecule has 1 saturated heterocycles. The molecule has 1 aliphatic rings. The van der Waals surface area contributed by atoms with Crippen LogP contribution in [0.1, 0.15) is 63.0 Å². The molecule has 1 N–H and O–H groups in total. The summed E-state index contributed by atoms with van der Waals surface area (Å²) in [4.78, 5) is 2.83. The molecule has 0 spiro atoms. The summed E-state index contributed by atoms with van der Waals surface area (Å²) in [5.74, 6) is 0.917. The van der Waals surface area contributed by atoms with Crippen molar-refractivity contribution >= 4 is 15.7 Å². The molecule has 28 heavy (non-hydrogen) atoms. The van der Waals surface area contributed by atoms with Crippen molar-refractivity contribution in [3.8, 4) is 0 Å². The topological polar surface area (TPSA) is 49.4 Å². The van der Waals surface area contributed by atoms with Gasteiger partial charge in [0.25, 0.3) is 10.0 Å². The summed E-state index contributed by atoms with van der Waals surface area (Å²) in [7, 11) is -3.57. The smallest absolute Gasteiger partial charge is 0.261 e. The Labute approximate surface area is 170 Å². The highest BCUT2D eigenvalue weighted by Gasteiger charge is 2.21. The number of sulfonamides is 1. The molecule has 0 aromatic heterocycles. The highest BCUT2D eigenvalue weighted by Crippen LogP contribution is 2.28. The van der Waals surface area contributed by atoms with Crippen LogP contribution in [-0.2, 0) is 10.0 Å². The molecule has 1 unspecified atom stereocenters. The van der Waals surface area contributed by atoms with Crippen molar-refractivity contribution < 1.29 is 8.42 Å². The number of piperidine rings is 1. The maximum atomic E-state index is 12.7. The third-order valence-electron chi connectivity index (χ3n) is 5.54. The molecule has 4 nitrogen and oxygen atoms in total. The third kappa shape index (κ3) is 5.15. The van der Waals surface area contributed by atoms with Crippen LogP contribution in [0.3, 0.4) is 0 Å². The molecule has 0 radical (unpaired) electrons. The molecule has 2 aromatic carbocycles. The molecular formula is C23H32N2O2S. The highest BCUT2D eigenvalue weighted by atomic mass is 32.2. The second-order valence-electron chi connectivity index (χ2n) is 8.09. The van der Waals surface area contributed by atoms with Gasteiger partial charge in [0.2, 0.25) is 0 Å². The lowest BCUT2D eigenvalue weighted by Crippen LogP contribution is -2.34. The Morgan fingerprint density at radius 3 is 2.36 bits per heavy atom. The minimum atomic E-state index is -3.57. The molecule has 0 aliphatic carbocycles. The summed E-state index contributed by atoms with van der Waals surface area (Å²) in [5.41, 5.74) is 3.04. The second kappa shape index (κ2) is 9.10. The zero-order valence-corrected chi connectivity index (χ0v) is 18.0. The average Bonchev–Trinajstić information content (AvgIpc) is 2.69. The van der Waals surface area contributed by atoms with Gasteiger partial charge in [-0.05, 0) is 79.6 Å².